The van der Waals surface area contributed by atoms with Crippen molar-refractivity contribution in [3.05, 3.63) is 67.3 Å². The van der Waals surface area contributed by atoms with Gasteiger partial charge in [-0.2, -0.15) is 5.10 Å². The maximum Gasteiger partial charge on any atom is 0.252 e. The van der Waals surface area contributed by atoms with Gasteiger partial charge in [-0.15, -0.1) is 0 Å². The van der Waals surface area contributed by atoms with Crippen molar-refractivity contribution in [1.29, 1.82) is 0 Å². The smallest absolute Gasteiger partial charge is 0.252 e. The highest BCUT2D eigenvalue weighted by atomic mass is 16.5. The Labute approximate surface area is 172 Å². The summed E-state index contributed by atoms with van der Waals surface area (Å²) in [6.07, 6.45) is 5.79. The quantitative estimate of drug-likeness (QED) is 0.445. The monoisotopic (exact) mass is 391 g/mol. The molecule has 0 fully saturated rings. The van der Waals surface area contributed by atoms with Crippen LogP contribution in [0.25, 0.3) is 11.1 Å². The van der Waals surface area contributed by atoms with Crippen LogP contribution < -0.4 is 4.74 Å². The van der Waals surface area contributed by atoms with Gasteiger partial charge in [-0.05, 0) is 36.1 Å². The molecule has 3 rings (SSSR count). The van der Waals surface area contributed by atoms with Crippen LogP contribution in [0.3, 0.4) is 0 Å². The van der Waals surface area contributed by atoms with E-state index in [-0.39, 0.29) is 5.78 Å². The molecule has 2 unspecified atom stereocenters. The number of carbonyl (C=O) groups is 1. The molecule has 0 saturated carbocycles. The highest BCUT2D eigenvalue weighted by Crippen LogP contribution is 2.35. The van der Waals surface area contributed by atoms with Gasteiger partial charge in [0, 0.05) is 5.41 Å². The maximum absolute atomic E-state index is 13.5. The Balaban J connectivity index is 1.84. The van der Waals surface area contributed by atoms with Crippen LogP contribution in [0.15, 0.2) is 67.3 Å². The molecule has 152 valence electrons. The Bertz CT molecular complexity index is 892. The summed E-state index contributed by atoms with van der Waals surface area (Å²) >= 11 is 0. The third-order valence-corrected chi connectivity index (χ3v) is 5.57. The van der Waals surface area contributed by atoms with Crippen molar-refractivity contribution in [3.8, 4) is 16.9 Å². The molecule has 0 aliphatic heterocycles. The molecule has 5 heteroatoms. The molecule has 0 aliphatic rings. The number of benzene rings is 2. The molecule has 0 spiro atoms. The molecule has 1 aromatic heterocycles. The number of ketones is 1. The summed E-state index contributed by atoms with van der Waals surface area (Å²) < 4.78 is 7.66. The van der Waals surface area contributed by atoms with Crippen molar-refractivity contribution in [2.75, 3.05) is 0 Å². The van der Waals surface area contributed by atoms with Crippen LogP contribution in [0.4, 0.5) is 0 Å². The molecule has 0 bridgehead atoms. The highest BCUT2D eigenvalue weighted by Gasteiger charge is 2.38. The summed E-state index contributed by atoms with van der Waals surface area (Å²) in [5.41, 5.74) is 1.78. The number of nitrogens with zero attached hydrogens (tertiary/aromatic N) is 3. The van der Waals surface area contributed by atoms with E-state index in [1.807, 2.05) is 49.4 Å². The average Bonchev–Trinajstić information content (AvgIpc) is 3.31. The van der Waals surface area contributed by atoms with Gasteiger partial charge in [0.05, 0.1) is 0 Å². The topological polar surface area (TPSA) is 57.0 Å². The minimum atomic E-state index is -0.832. The average molecular weight is 392 g/mol. The summed E-state index contributed by atoms with van der Waals surface area (Å²) in [7, 11) is 0. The molecular weight excluding hydrogens is 362 g/mol. The van der Waals surface area contributed by atoms with Crippen LogP contribution in [0.1, 0.15) is 52.7 Å². The summed E-state index contributed by atoms with van der Waals surface area (Å²) in [5, 5.41) is 4.19. The summed E-state index contributed by atoms with van der Waals surface area (Å²) in [6.45, 7) is 6.22. The first kappa shape index (κ1) is 20.8. The SMILES string of the molecule is CCCCC(C)(CC)C(=O)C(Oc1ccc(-c2ccccc2)cc1)n1cncn1. The molecular formula is C24H29N3O2. The number of Topliss-reactive ketones (excluding diaryl/α,β-unsaturated/α-hetero) is 1. The largest absolute Gasteiger partial charge is 0.461 e. The van der Waals surface area contributed by atoms with E-state index < -0.39 is 11.6 Å². The van der Waals surface area contributed by atoms with Crippen LogP contribution in [0, 0.1) is 5.41 Å². The first-order chi connectivity index (χ1) is 14.1. The molecule has 3 aromatic rings. The number of unbranched alkanes of at least 4 members (excludes halogenated alkanes) is 1. The van der Waals surface area contributed by atoms with Crippen molar-refractivity contribution >= 4 is 5.78 Å². The van der Waals surface area contributed by atoms with Crippen LogP contribution in [0.5, 0.6) is 5.75 Å². The van der Waals surface area contributed by atoms with E-state index in [4.69, 9.17) is 4.74 Å². The fourth-order valence-corrected chi connectivity index (χ4v) is 3.39. The van der Waals surface area contributed by atoms with Gasteiger partial charge in [0.2, 0.25) is 5.78 Å². The first-order valence-electron chi connectivity index (χ1n) is 10.3. The van der Waals surface area contributed by atoms with E-state index in [9.17, 15) is 4.79 Å². The van der Waals surface area contributed by atoms with Crippen molar-refractivity contribution in [2.45, 2.75) is 52.7 Å². The lowest BCUT2D eigenvalue weighted by atomic mass is 9.77. The van der Waals surface area contributed by atoms with Gasteiger partial charge in [0.1, 0.15) is 18.4 Å². The van der Waals surface area contributed by atoms with E-state index in [0.717, 1.165) is 36.8 Å². The van der Waals surface area contributed by atoms with Crippen LogP contribution in [-0.2, 0) is 4.79 Å². The Morgan fingerprint density at radius 3 is 2.34 bits per heavy atom. The third kappa shape index (κ3) is 4.91. The summed E-state index contributed by atoms with van der Waals surface area (Å²) in [5.74, 6) is 0.665. The Hall–Kier alpha value is -2.95. The van der Waals surface area contributed by atoms with E-state index >= 15 is 0 Å². The predicted octanol–water partition coefficient (Wildman–Crippen LogP) is 5.70. The van der Waals surface area contributed by atoms with Crippen LogP contribution in [-0.4, -0.2) is 20.5 Å². The third-order valence-electron chi connectivity index (χ3n) is 5.57. The maximum atomic E-state index is 13.5. The van der Waals surface area contributed by atoms with Crippen molar-refractivity contribution < 1.29 is 9.53 Å². The second-order valence-electron chi connectivity index (χ2n) is 7.62. The van der Waals surface area contributed by atoms with Gasteiger partial charge in [-0.25, -0.2) is 9.67 Å². The number of hydrogen-bond acceptors (Lipinski definition) is 4. The molecule has 0 radical (unpaired) electrons. The summed E-state index contributed by atoms with van der Waals surface area (Å²) in [4.78, 5) is 17.5. The second kappa shape index (κ2) is 9.50. The van der Waals surface area contributed by atoms with Gasteiger partial charge < -0.3 is 4.74 Å². The molecule has 1 heterocycles. The standard InChI is InChI=1S/C24H29N3O2/c1-4-6-16-24(3,5-2)22(28)23(27-18-25-17-26-27)29-21-14-12-20(13-15-21)19-10-8-7-9-11-19/h7-15,17-18,23H,4-6,16H2,1-3H3. The van der Waals surface area contributed by atoms with Crippen molar-refractivity contribution in [1.82, 2.24) is 14.8 Å². The lowest BCUT2D eigenvalue weighted by Gasteiger charge is -2.31. The zero-order chi connectivity index (χ0) is 20.7. The number of hydrogen-bond donors (Lipinski definition) is 0. The molecule has 0 aliphatic carbocycles. The van der Waals surface area contributed by atoms with Gasteiger partial charge in [0.15, 0.2) is 0 Å². The number of rotatable bonds is 10. The van der Waals surface area contributed by atoms with Gasteiger partial charge in [0.25, 0.3) is 6.23 Å². The minimum Gasteiger partial charge on any atom is -0.461 e. The normalized spacial score (nSPS) is 14.2. The number of aromatic nitrogens is 3. The Morgan fingerprint density at radius 2 is 1.76 bits per heavy atom. The molecule has 0 amide bonds. The minimum absolute atomic E-state index is 0.0334. The Morgan fingerprint density at radius 1 is 1.07 bits per heavy atom. The zero-order valence-corrected chi connectivity index (χ0v) is 17.4. The Kier molecular flexibility index (Phi) is 6.81. The fourth-order valence-electron chi connectivity index (χ4n) is 3.39. The van der Waals surface area contributed by atoms with Crippen LogP contribution >= 0.6 is 0 Å². The van der Waals surface area contributed by atoms with Crippen molar-refractivity contribution in [3.63, 3.8) is 0 Å². The van der Waals surface area contributed by atoms with Crippen molar-refractivity contribution in [2.24, 2.45) is 5.41 Å². The molecule has 2 atom stereocenters. The summed E-state index contributed by atoms with van der Waals surface area (Å²) in [6, 6.07) is 18.0. The first-order valence-corrected chi connectivity index (χ1v) is 10.3. The van der Waals surface area contributed by atoms with E-state index in [1.165, 1.54) is 17.3 Å². The molecule has 0 saturated heterocycles. The van der Waals surface area contributed by atoms with E-state index in [2.05, 4.69) is 36.1 Å². The highest BCUT2D eigenvalue weighted by molar-refractivity contribution is 5.87. The number of ether oxygens (including phenoxy) is 1. The predicted molar refractivity (Wildman–Crippen MR) is 114 cm³/mol. The molecule has 5 nitrogen and oxygen atoms in total. The number of carbonyl (C=O) groups excluding carboxylic acids is 1. The van der Waals surface area contributed by atoms with Crippen LogP contribution in [0.2, 0.25) is 0 Å². The molecule has 0 N–H and O–H groups in total. The zero-order valence-electron chi connectivity index (χ0n) is 17.4. The second-order valence-corrected chi connectivity index (χ2v) is 7.62. The molecule has 29 heavy (non-hydrogen) atoms. The van der Waals surface area contributed by atoms with E-state index in [0.29, 0.717) is 5.75 Å². The van der Waals surface area contributed by atoms with Gasteiger partial charge in [-0.3, -0.25) is 4.79 Å². The lowest BCUT2D eigenvalue weighted by molar-refractivity contribution is -0.140. The van der Waals surface area contributed by atoms with Gasteiger partial charge >= 0.3 is 0 Å². The fraction of sp³-hybridized carbons (Fsp3) is 0.375. The van der Waals surface area contributed by atoms with E-state index in [1.54, 1.807) is 0 Å². The van der Waals surface area contributed by atoms with Gasteiger partial charge in [-0.1, -0.05) is 76.1 Å². The molecule has 2 aromatic carbocycles. The lowest BCUT2D eigenvalue weighted by Crippen LogP contribution is -2.37.